The van der Waals surface area contributed by atoms with Crippen LogP contribution in [0.3, 0.4) is 0 Å². The Morgan fingerprint density at radius 3 is 2.42 bits per heavy atom. The fourth-order valence-corrected chi connectivity index (χ4v) is 1.81. The second-order valence-electron chi connectivity index (χ2n) is 4.65. The second-order valence-corrected chi connectivity index (χ2v) is 4.65. The Hall–Kier alpha value is -1.55. The lowest BCUT2D eigenvalue weighted by molar-refractivity contribution is -0.138. The predicted molar refractivity (Wildman–Crippen MR) is 75.3 cm³/mol. The van der Waals surface area contributed by atoms with Gasteiger partial charge in [-0.15, -0.1) is 0 Å². The maximum Gasteiger partial charge on any atom is 0.325 e. The molecule has 0 aromatic heterocycles. The molecule has 19 heavy (non-hydrogen) atoms. The first-order chi connectivity index (χ1) is 9.15. The van der Waals surface area contributed by atoms with E-state index in [1.807, 2.05) is 0 Å². The highest BCUT2D eigenvalue weighted by Gasteiger charge is 2.13. The van der Waals surface area contributed by atoms with Crippen molar-refractivity contribution in [2.75, 3.05) is 6.61 Å². The van der Waals surface area contributed by atoms with Gasteiger partial charge in [-0.25, -0.2) is 0 Å². The summed E-state index contributed by atoms with van der Waals surface area (Å²) >= 11 is 0. The van der Waals surface area contributed by atoms with Gasteiger partial charge in [-0.3, -0.25) is 4.79 Å². The van der Waals surface area contributed by atoms with Gasteiger partial charge in [-0.1, -0.05) is 44.7 Å². The van der Waals surface area contributed by atoms with Crippen molar-refractivity contribution >= 4 is 5.97 Å². The fourth-order valence-electron chi connectivity index (χ4n) is 1.81. The maximum atomic E-state index is 10.7. The average molecular weight is 265 g/mol. The zero-order chi connectivity index (χ0) is 14.1. The van der Waals surface area contributed by atoms with Crippen LogP contribution in [0.5, 0.6) is 5.75 Å². The minimum absolute atomic E-state index is 0.586. The van der Waals surface area contributed by atoms with Crippen molar-refractivity contribution in [2.45, 2.75) is 45.1 Å². The van der Waals surface area contributed by atoms with Crippen molar-refractivity contribution in [1.82, 2.24) is 0 Å². The van der Waals surface area contributed by atoms with Gasteiger partial charge in [0.2, 0.25) is 0 Å². The molecule has 0 fully saturated rings. The first kappa shape index (κ1) is 15.5. The topological polar surface area (TPSA) is 72.5 Å². The summed E-state index contributed by atoms with van der Waals surface area (Å²) in [6.07, 6.45) is 6.02. The van der Waals surface area contributed by atoms with Crippen LogP contribution in [0.2, 0.25) is 0 Å². The largest absolute Gasteiger partial charge is 0.494 e. The molecule has 1 rings (SSSR count). The highest BCUT2D eigenvalue weighted by molar-refractivity contribution is 5.75. The van der Waals surface area contributed by atoms with Crippen LogP contribution in [0, 0.1) is 0 Å². The van der Waals surface area contributed by atoms with Crippen LogP contribution in [0.25, 0.3) is 0 Å². The van der Waals surface area contributed by atoms with Gasteiger partial charge in [-0.2, -0.15) is 0 Å². The van der Waals surface area contributed by atoms with Gasteiger partial charge in [0.1, 0.15) is 11.8 Å². The molecule has 0 amide bonds. The Morgan fingerprint density at radius 1 is 1.21 bits per heavy atom. The molecule has 1 atom stereocenters. The van der Waals surface area contributed by atoms with Crippen LogP contribution in [0.15, 0.2) is 24.3 Å². The summed E-state index contributed by atoms with van der Waals surface area (Å²) in [5, 5.41) is 8.79. The number of carboxylic acids is 1. The zero-order valence-corrected chi connectivity index (χ0v) is 11.5. The Bertz CT molecular complexity index is 375. The van der Waals surface area contributed by atoms with Crippen molar-refractivity contribution < 1.29 is 14.6 Å². The minimum Gasteiger partial charge on any atom is -0.494 e. The van der Waals surface area contributed by atoms with E-state index < -0.39 is 12.0 Å². The molecular weight excluding hydrogens is 242 g/mol. The highest BCUT2D eigenvalue weighted by atomic mass is 16.5. The molecule has 0 spiro atoms. The summed E-state index contributed by atoms with van der Waals surface area (Å²) in [5.41, 5.74) is 6.10. The molecule has 0 heterocycles. The van der Waals surface area contributed by atoms with Gasteiger partial charge in [0.15, 0.2) is 0 Å². The number of carboxylic acid groups (broad SMARTS) is 1. The van der Waals surface area contributed by atoms with E-state index in [0.29, 0.717) is 12.2 Å². The van der Waals surface area contributed by atoms with Gasteiger partial charge in [0.05, 0.1) is 6.61 Å². The molecule has 1 aromatic carbocycles. The molecule has 3 N–H and O–H groups in total. The van der Waals surface area contributed by atoms with Gasteiger partial charge < -0.3 is 15.6 Å². The molecule has 0 unspecified atom stereocenters. The molecule has 0 bridgehead atoms. The van der Waals surface area contributed by atoms with Gasteiger partial charge in [0, 0.05) is 0 Å². The molecule has 106 valence electrons. The predicted octanol–water partition coefficient (Wildman–Crippen LogP) is 3.12. The summed E-state index contributed by atoms with van der Waals surface area (Å²) < 4.78 is 5.59. The van der Waals surface area contributed by atoms with Crippen LogP contribution < -0.4 is 10.5 Å². The number of rotatable bonds is 9. The number of nitrogens with two attached hydrogens (primary N) is 1. The van der Waals surface area contributed by atoms with Gasteiger partial charge in [-0.05, 0) is 24.1 Å². The lowest BCUT2D eigenvalue weighted by Gasteiger charge is -2.09. The number of benzene rings is 1. The summed E-state index contributed by atoms with van der Waals surface area (Å²) in [7, 11) is 0. The standard InChI is InChI=1S/C15H23NO3/c1-2-3-4-5-6-11-19-13-9-7-12(8-10-13)14(16)15(17)18/h7-10,14H,2-6,11,16H2,1H3,(H,17,18)/t14-/m0/s1. The molecule has 0 aliphatic heterocycles. The third-order valence-corrected chi connectivity index (χ3v) is 3.02. The lowest BCUT2D eigenvalue weighted by Crippen LogP contribution is -2.20. The van der Waals surface area contributed by atoms with Crippen LogP contribution in [0.4, 0.5) is 0 Å². The minimum atomic E-state index is -1.02. The Kier molecular flexibility index (Phi) is 6.97. The molecule has 0 aliphatic rings. The summed E-state index contributed by atoms with van der Waals surface area (Å²) in [6, 6.07) is 5.97. The van der Waals surface area contributed by atoms with E-state index in [-0.39, 0.29) is 0 Å². The van der Waals surface area contributed by atoms with Crippen LogP contribution >= 0.6 is 0 Å². The quantitative estimate of drug-likeness (QED) is 0.673. The van der Waals surface area contributed by atoms with E-state index in [9.17, 15) is 4.79 Å². The monoisotopic (exact) mass is 265 g/mol. The molecule has 0 radical (unpaired) electrons. The molecule has 4 heteroatoms. The first-order valence-corrected chi connectivity index (χ1v) is 6.86. The van der Waals surface area contributed by atoms with E-state index in [2.05, 4.69) is 6.92 Å². The molecule has 1 aromatic rings. The van der Waals surface area contributed by atoms with Gasteiger partial charge in [0.25, 0.3) is 0 Å². The van der Waals surface area contributed by atoms with E-state index >= 15 is 0 Å². The van der Waals surface area contributed by atoms with Crippen molar-refractivity contribution in [3.05, 3.63) is 29.8 Å². The van der Waals surface area contributed by atoms with Crippen molar-refractivity contribution in [1.29, 1.82) is 0 Å². The third kappa shape index (κ3) is 5.75. The number of aliphatic carboxylic acids is 1. The fraction of sp³-hybridized carbons (Fsp3) is 0.533. The molecular formula is C15H23NO3. The van der Waals surface area contributed by atoms with E-state index in [1.165, 1.54) is 25.7 Å². The van der Waals surface area contributed by atoms with E-state index in [0.717, 1.165) is 12.2 Å². The smallest absolute Gasteiger partial charge is 0.325 e. The van der Waals surface area contributed by atoms with Crippen LogP contribution in [0.1, 0.15) is 50.6 Å². The normalized spacial score (nSPS) is 12.1. The Labute approximate surface area is 114 Å². The first-order valence-electron chi connectivity index (χ1n) is 6.86. The van der Waals surface area contributed by atoms with Crippen LogP contribution in [-0.2, 0) is 4.79 Å². The summed E-state index contributed by atoms with van der Waals surface area (Å²) in [6.45, 7) is 2.90. The van der Waals surface area contributed by atoms with Crippen molar-refractivity contribution in [3.8, 4) is 5.75 Å². The zero-order valence-electron chi connectivity index (χ0n) is 11.5. The molecule has 0 saturated heterocycles. The van der Waals surface area contributed by atoms with Crippen molar-refractivity contribution in [3.63, 3.8) is 0 Å². The molecule has 0 saturated carbocycles. The number of unbranched alkanes of at least 4 members (excludes halogenated alkanes) is 4. The third-order valence-electron chi connectivity index (χ3n) is 3.02. The van der Waals surface area contributed by atoms with Gasteiger partial charge >= 0.3 is 5.97 Å². The van der Waals surface area contributed by atoms with E-state index in [4.69, 9.17) is 15.6 Å². The maximum absolute atomic E-state index is 10.7. The van der Waals surface area contributed by atoms with E-state index in [1.54, 1.807) is 24.3 Å². The molecule has 4 nitrogen and oxygen atoms in total. The van der Waals surface area contributed by atoms with Crippen molar-refractivity contribution in [2.24, 2.45) is 5.73 Å². The highest BCUT2D eigenvalue weighted by Crippen LogP contribution is 2.17. The lowest BCUT2D eigenvalue weighted by atomic mass is 10.1. The number of hydrogen-bond acceptors (Lipinski definition) is 3. The number of carbonyl (C=O) groups is 1. The number of hydrogen-bond donors (Lipinski definition) is 2. The second kappa shape index (κ2) is 8.53. The van der Waals surface area contributed by atoms with Crippen LogP contribution in [-0.4, -0.2) is 17.7 Å². The number of ether oxygens (including phenoxy) is 1. The Morgan fingerprint density at radius 2 is 1.84 bits per heavy atom. The average Bonchev–Trinajstić information content (AvgIpc) is 2.42. The summed E-state index contributed by atoms with van der Waals surface area (Å²) in [5.74, 6) is -0.263. The Balaban J connectivity index is 2.30. The SMILES string of the molecule is CCCCCCCOc1ccc([C@H](N)C(=O)O)cc1. The molecule has 0 aliphatic carbocycles. The summed E-state index contributed by atoms with van der Waals surface area (Å²) in [4.78, 5) is 10.7.